The molecule has 0 aliphatic heterocycles. The van der Waals surface area contributed by atoms with E-state index in [1.54, 1.807) is 36.7 Å². The van der Waals surface area contributed by atoms with Crippen molar-refractivity contribution in [1.29, 1.82) is 0 Å². The van der Waals surface area contributed by atoms with Crippen molar-refractivity contribution in [1.82, 2.24) is 25.4 Å². The number of halogens is 1. The molecule has 2 heterocycles. The maximum Gasteiger partial charge on any atom is 0.315 e. The van der Waals surface area contributed by atoms with Crippen LogP contribution in [0.2, 0.25) is 0 Å². The number of aromatic nitrogens is 3. The third-order valence-electron chi connectivity index (χ3n) is 4.75. The molecule has 162 valence electrons. The SMILES string of the molecule is O=C(NCc1ccccc1Cn1cccn1)NCc1cccnc1Oc1cccc(F)c1. The first-order valence-corrected chi connectivity index (χ1v) is 10.1. The molecule has 0 spiro atoms. The largest absolute Gasteiger partial charge is 0.439 e. The molecule has 4 aromatic rings. The van der Waals surface area contributed by atoms with Gasteiger partial charge in [0.2, 0.25) is 5.88 Å². The van der Waals surface area contributed by atoms with Crippen LogP contribution in [0.15, 0.2) is 85.3 Å². The third kappa shape index (κ3) is 5.69. The Bertz CT molecular complexity index is 1180. The number of carbonyl (C=O) groups is 1. The summed E-state index contributed by atoms with van der Waals surface area (Å²) in [6.45, 7) is 1.21. The molecule has 0 aliphatic rings. The lowest BCUT2D eigenvalue weighted by Gasteiger charge is -2.13. The Morgan fingerprint density at radius 1 is 0.906 bits per heavy atom. The lowest BCUT2D eigenvalue weighted by atomic mass is 10.1. The van der Waals surface area contributed by atoms with Crippen LogP contribution in [0.1, 0.15) is 16.7 Å². The van der Waals surface area contributed by atoms with Gasteiger partial charge in [-0.05, 0) is 35.4 Å². The fourth-order valence-corrected chi connectivity index (χ4v) is 3.16. The normalized spacial score (nSPS) is 10.5. The predicted molar refractivity (Wildman–Crippen MR) is 118 cm³/mol. The number of carbonyl (C=O) groups excluding carboxylic acids is 1. The Balaban J connectivity index is 1.33. The van der Waals surface area contributed by atoms with Gasteiger partial charge in [-0.1, -0.05) is 36.4 Å². The number of nitrogens with zero attached hydrogens (tertiary/aromatic N) is 3. The van der Waals surface area contributed by atoms with Gasteiger partial charge in [0.15, 0.2) is 0 Å². The average molecular weight is 431 g/mol. The van der Waals surface area contributed by atoms with Crippen LogP contribution in [-0.2, 0) is 19.6 Å². The number of benzene rings is 2. The first-order chi connectivity index (χ1) is 15.7. The van der Waals surface area contributed by atoms with E-state index >= 15 is 0 Å². The summed E-state index contributed by atoms with van der Waals surface area (Å²) in [6, 6.07) is 18.8. The van der Waals surface area contributed by atoms with Crippen molar-refractivity contribution in [2.75, 3.05) is 0 Å². The highest BCUT2D eigenvalue weighted by Gasteiger charge is 2.10. The van der Waals surface area contributed by atoms with E-state index in [2.05, 4.69) is 20.7 Å². The van der Waals surface area contributed by atoms with Gasteiger partial charge in [-0.15, -0.1) is 0 Å². The highest BCUT2D eigenvalue weighted by Crippen LogP contribution is 2.23. The fourth-order valence-electron chi connectivity index (χ4n) is 3.16. The van der Waals surface area contributed by atoms with Gasteiger partial charge >= 0.3 is 6.03 Å². The highest BCUT2D eigenvalue weighted by molar-refractivity contribution is 5.73. The van der Waals surface area contributed by atoms with E-state index in [4.69, 9.17) is 4.74 Å². The van der Waals surface area contributed by atoms with Gasteiger partial charge in [-0.2, -0.15) is 5.10 Å². The minimum atomic E-state index is -0.398. The quantitative estimate of drug-likeness (QED) is 0.437. The second-order valence-electron chi connectivity index (χ2n) is 7.04. The molecule has 0 bridgehead atoms. The summed E-state index contributed by atoms with van der Waals surface area (Å²) in [5, 5.41) is 9.92. The number of amides is 2. The van der Waals surface area contributed by atoms with Gasteiger partial charge in [0, 0.05) is 43.3 Å². The number of rotatable bonds is 8. The Hall–Kier alpha value is -4.20. The molecule has 2 amide bonds. The van der Waals surface area contributed by atoms with Crippen molar-refractivity contribution in [3.8, 4) is 11.6 Å². The number of pyridine rings is 1. The van der Waals surface area contributed by atoms with Crippen LogP contribution in [0.25, 0.3) is 0 Å². The van der Waals surface area contributed by atoms with Crippen LogP contribution >= 0.6 is 0 Å². The monoisotopic (exact) mass is 431 g/mol. The number of hydrogen-bond acceptors (Lipinski definition) is 4. The van der Waals surface area contributed by atoms with Gasteiger partial charge in [-0.25, -0.2) is 14.2 Å². The lowest BCUT2D eigenvalue weighted by molar-refractivity contribution is 0.240. The summed E-state index contributed by atoms with van der Waals surface area (Å²) in [5.41, 5.74) is 2.76. The van der Waals surface area contributed by atoms with Crippen molar-refractivity contribution in [3.63, 3.8) is 0 Å². The lowest BCUT2D eigenvalue weighted by Crippen LogP contribution is -2.34. The second-order valence-corrected chi connectivity index (χ2v) is 7.04. The third-order valence-corrected chi connectivity index (χ3v) is 4.75. The van der Waals surface area contributed by atoms with Crippen LogP contribution in [0.3, 0.4) is 0 Å². The fraction of sp³-hybridized carbons (Fsp3) is 0.125. The molecule has 32 heavy (non-hydrogen) atoms. The van der Waals surface area contributed by atoms with Crippen LogP contribution < -0.4 is 15.4 Å². The molecule has 2 aromatic carbocycles. The molecule has 0 saturated carbocycles. The zero-order valence-corrected chi connectivity index (χ0v) is 17.2. The Labute approximate surface area is 184 Å². The van der Waals surface area contributed by atoms with E-state index in [1.807, 2.05) is 41.2 Å². The molecule has 8 heteroatoms. The van der Waals surface area contributed by atoms with Crippen molar-refractivity contribution >= 4 is 6.03 Å². The van der Waals surface area contributed by atoms with Crippen LogP contribution in [0.5, 0.6) is 11.6 Å². The van der Waals surface area contributed by atoms with E-state index in [-0.39, 0.29) is 12.6 Å². The van der Waals surface area contributed by atoms with Gasteiger partial charge in [0.05, 0.1) is 6.54 Å². The molecule has 0 aliphatic carbocycles. The molecule has 2 aromatic heterocycles. The molecule has 2 N–H and O–H groups in total. The first-order valence-electron chi connectivity index (χ1n) is 10.1. The molecule has 4 rings (SSSR count). The number of ether oxygens (including phenoxy) is 1. The number of urea groups is 1. The maximum absolute atomic E-state index is 13.4. The molecule has 0 fully saturated rings. The van der Waals surface area contributed by atoms with Crippen molar-refractivity contribution in [3.05, 3.63) is 108 Å². The molecular weight excluding hydrogens is 409 g/mol. The summed E-state index contributed by atoms with van der Waals surface area (Å²) in [6.07, 6.45) is 5.21. The molecule has 0 atom stereocenters. The number of nitrogens with one attached hydrogen (secondary N) is 2. The molecule has 0 saturated heterocycles. The topological polar surface area (TPSA) is 81.1 Å². The maximum atomic E-state index is 13.4. The number of hydrogen-bond donors (Lipinski definition) is 2. The van der Waals surface area contributed by atoms with E-state index in [0.29, 0.717) is 30.3 Å². The summed E-state index contributed by atoms with van der Waals surface area (Å²) in [7, 11) is 0. The molecule has 7 nitrogen and oxygen atoms in total. The highest BCUT2D eigenvalue weighted by atomic mass is 19.1. The summed E-state index contributed by atoms with van der Waals surface area (Å²) >= 11 is 0. The van der Waals surface area contributed by atoms with Crippen molar-refractivity contribution < 1.29 is 13.9 Å². The van der Waals surface area contributed by atoms with Gasteiger partial charge in [0.25, 0.3) is 0 Å². The van der Waals surface area contributed by atoms with Crippen molar-refractivity contribution in [2.24, 2.45) is 0 Å². The summed E-state index contributed by atoms with van der Waals surface area (Å²) in [5.74, 6) is 0.247. The summed E-state index contributed by atoms with van der Waals surface area (Å²) < 4.78 is 20.9. The Morgan fingerprint density at radius 3 is 2.47 bits per heavy atom. The van der Waals surface area contributed by atoms with E-state index in [9.17, 15) is 9.18 Å². The van der Waals surface area contributed by atoms with Crippen LogP contribution in [0.4, 0.5) is 9.18 Å². The standard InChI is InChI=1S/C24H22FN5O2/c25-21-9-3-10-22(14-21)32-23-19(8-4-11-26-23)16-28-24(31)27-15-18-6-1-2-7-20(18)17-30-13-5-12-29-30/h1-14H,15-17H2,(H2,27,28,31). The minimum Gasteiger partial charge on any atom is -0.439 e. The second kappa shape index (κ2) is 10.2. The van der Waals surface area contributed by atoms with Gasteiger partial charge in [-0.3, -0.25) is 4.68 Å². The van der Waals surface area contributed by atoms with Crippen molar-refractivity contribution in [2.45, 2.75) is 19.6 Å². The first kappa shape index (κ1) is 21.0. The minimum absolute atomic E-state index is 0.208. The van der Waals surface area contributed by atoms with E-state index < -0.39 is 5.82 Å². The summed E-state index contributed by atoms with van der Waals surface area (Å²) in [4.78, 5) is 16.6. The zero-order valence-electron chi connectivity index (χ0n) is 17.2. The molecule has 0 unspecified atom stereocenters. The van der Waals surface area contributed by atoms with Gasteiger partial charge in [0.1, 0.15) is 11.6 Å². The van der Waals surface area contributed by atoms with Gasteiger partial charge < -0.3 is 15.4 Å². The Kier molecular flexibility index (Phi) is 6.72. The van der Waals surface area contributed by atoms with Crippen LogP contribution in [-0.4, -0.2) is 20.8 Å². The van der Waals surface area contributed by atoms with E-state index in [0.717, 1.165) is 11.1 Å². The Morgan fingerprint density at radius 2 is 1.69 bits per heavy atom. The molecular formula is C24H22FN5O2. The molecule has 0 radical (unpaired) electrons. The average Bonchev–Trinajstić information content (AvgIpc) is 3.31. The predicted octanol–water partition coefficient (Wildman–Crippen LogP) is 4.26. The smallest absolute Gasteiger partial charge is 0.315 e. The van der Waals surface area contributed by atoms with Crippen LogP contribution in [0, 0.1) is 5.82 Å². The zero-order chi connectivity index (χ0) is 22.2. The van der Waals surface area contributed by atoms with E-state index in [1.165, 1.54) is 12.1 Å².